The van der Waals surface area contributed by atoms with Crippen LogP contribution < -0.4 is 5.73 Å². The molecule has 3 nitrogen and oxygen atoms in total. The van der Waals surface area contributed by atoms with Gasteiger partial charge in [-0.3, -0.25) is 4.79 Å². The first-order chi connectivity index (χ1) is 17.6. The molecule has 0 saturated heterocycles. The maximum Gasteiger partial charge on any atom is 0.232 e. The summed E-state index contributed by atoms with van der Waals surface area (Å²) in [4.78, 5) is 15.1. The first-order valence-corrected chi connectivity index (χ1v) is 13.8. The van der Waals surface area contributed by atoms with Gasteiger partial charge in [0.15, 0.2) is 0 Å². The highest BCUT2D eigenvalue weighted by Crippen LogP contribution is 2.37. The molecule has 0 aromatic heterocycles. The topological polar surface area (TPSA) is 46.3 Å². The van der Waals surface area contributed by atoms with Crippen LogP contribution in [0.15, 0.2) is 91.0 Å². The highest BCUT2D eigenvalue weighted by Gasteiger charge is 2.39. The van der Waals surface area contributed by atoms with Gasteiger partial charge in [0.25, 0.3) is 0 Å². The quantitative estimate of drug-likeness (QED) is 0.241. The molecule has 1 amide bonds. The number of primary amides is 1. The number of rotatable bonds is 14. The summed E-state index contributed by atoms with van der Waals surface area (Å²) in [5.74, 6) is -0.271. The molecule has 0 fully saturated rings. The fourth-order valence-corrected chi connectivity index (χ4v) is 4.80. The summed E-state index contributed by atoms with van der Waals surface area (Å²) in [5, 5.41) is 0. The average molecular weight is 487 g/mol. The second kappa shape index (κ2) is 16.7. The molecule has 3 aromatic carbocycles. The van der Waals surface area contributed by atoms with Gasteiger partial charge in [-0.25, -0.2) is 0 Å². The smallest absolute Gasteiger partial charge is 0.232 e. The zero-order valence-electron chi connectivity index (χ0n) is 22.7. The van der Waals surface area contributed by atoms with E-state index in [4.69, 9.17) is 5.73 Å². The van der Waals surface area contributed by atoms with Crippen molar-refractivity contribution in [2.75, 3.05) is 19.6 Å². The molecule has 0 bridgehead atoms. The van der Waals surface area contributed by atoms with Crippen LogP contribution in [0, 0.1) is 0 Å². The van der Waals surface area contributed by atoms with Gasteiger partial charge in [0.05, 0.1) is 5.41 Å². The van der Waals surface area contributed by atoms with E-state index >= 15 is 0 Å². The molecule has 3 rings (SSSR count). The lowest BCUT2D eigenvalue weighted by Gasteiger charge is -2.32. The fourth-order valence-electron chi connectivity index (χ4n) is 4.80. The molecule has 0 spiro atoms. The first kappa shape index (κ1) is 29.3. The Bertz CT molecular complexity index is 913. The maximum atomic E-state index is 12.7. The van der Waals surface area contributed by atoms with E-state index in [9.17, 15) is 4.79 Å². The molecule has 0 unspecified atom stereocenters. The molecular formula is C33H46N2O. The summed E-state index contributed by atoms with van der Waals surface area (Å²) in [6.45, 7) is 9.80. The minimum absolute atomic E-state index is 0.271. The largest absolute Gasteiger partial charge is 0.369 e. The van der Waals surface area contributed by atoms with Gasteiger partial charge in [-0.05, 0) is 62.0 Å². The van der Waals surface area contributed by atoms with Gasteiger partial charge in [0.1, 0.15) is 0 Å². The number of nitrogens with two attached hydrogens (primary N) is 1. The Kier molecular flexibility index (Phi) is 13.6. The minimum atomic E-state index is -0.758. The molecule has 2 N–H and O–H groups in total. The molecule has 0 aliphatic rings. The van der Waals surface area contributed by atoms with Gasteiger partial charge in [-0.15, -0.1) is 0 Å². The molecule has 0 radical (unpaired) electrons. The van der Waals surface area contributed by atoms with E-state index in [1.807, 2.05) is 60.7 Å². The highest BCUT2D eigenvalue weighted by atomic mass is 16.1. The van der Waals surface area contributed by atoms with E-state index in [1.54, 1.807) is 0 Å². The minimum Gasteiger partial charge on any atom is -0.369 e. The lowest BCUT2D eigenvalue weighted by Crippen LogP contribution is -2.42. The van der Waals surface area contributed by atoms with E-state index in [0.717, 1.165) is 50.0 Å². The molecule has 3 heteroatoms. The first-order valence-electron chi connectivity index (χ1n) is 13.8. The van der Waals surface area contributed by atoms with E-state index in [2.05, 4.69) is 56.0 Å². The summed E-state index contributed by atoms with van der Waals surface area (Å²) in [6.07, 6.45) is 8.01. The monoisotopic (exact) mass is 486 g/mol. The summed E-state index contributed by atoms with van der Waals surface area (Å²) < 4.78 is 0. The molecule has 3 aromatic rings. The normalized spacial score (nSPS) is 11.1. The van der Waals surface area contributed by atoms with E-state index in [0.29, 0.717) is 0 Å². The number of carbonyl (C=O) groups is 1. The van der Waals surface area contributed by atoms with Gasteiger partial charge in [0.2, 0.25) is 5.91 Å². The molecular weight excluding hydrogens is 440 g/mol. The van der Waals surface area contributed by atoms with Crippen molar-refractivity contribution >= 4 is 5.91 Å². The lowest BCUT2D eigenvalue weighted by atomic mass is 9.70. The van der Waals surface area contributed by atoms with Crippen LogP contribution in [-0.2, 0) is 16.6 Å². The number of aryl methyl sites for hydroxylation is 1. The van der Waals surface area contributed by atoms with Crippen LogP contribution in [0.5, 0.6) is 0 Å². The van der Waals surface area contributed by atoms with Crippen LogP contribution in [0.25, 0.3) is 0 Å². The predicted molar refractivity (Wildman–Crippen MR) is 154 cm³/mol. The number of hydrogen-bond acceptors (Lipinski definition) is 2. The number of benzene rings is 3. The fraction of sp³-hybridized carbons (Fsp3) is 0.424. The summed E-state index contributed by atoms with van der Waals surface area (Å²) in [7, 11) is 0. The average Bonchev–Trinajstić information content (AvgIpc) is 2.93. The van der Waals surface area contributed by atoms with Gasteiger partial charge in [-0.2, -0.15) is 0 Å². The summed E-state index contributed by atoms with van der Waals surface area (Å²) >= 11 is 0. The summed E-state index contributed by atoms with van der Waals surface area (Å²) in [5.41, 5.74) is 8.66. The number of nitrogens with zero attached hydrogens (tertiary/aromatic N) is 1. The third kappa shape index (κ3) is 8.95. The van der Waals surface area contributed by atoms with Crippen molar-refractivity contribution in [2.45, 2.75) is 71.1 Å². The zero-order chi connectivity index (χ0) is 26.1. The Morgan fingerprint density at radius 1 is 0.694 bits per heavy atom. The predicted octanol–water partition coefficient (Wildman–Crippen LogP) is 7.39. The molecule has 36 heavy (non-hydrogen) atoms. The van der Waals surface area contributed by atoms with Crippen LogP contribution in [0.2, 0.25) is 0 Å². The van der Waals surface area contributed by atoms with Gasteiger partial charge in [-0.1, -0.05) is 131 Å². The number of carbonyl (C=O) groups excluding carboxylic acids is 1. The molecule has 0 aliphatic heterocycles. The number of unbranched alkanes of at least 4 members (excludes halogenated alkanes) is 3. The Morgan fingerprint density at radius 3 is 1.64 bits per heavy atom. The van der Waals surface area contributed by atoms with Crippen LogP contribution in [0.1, 0.15) is 76.0 Å². The third-order valence-corrected chi connectivity index (χ3v) is 7.04. The Hall–Kier alpha value is -2.91. The second-order valence-corrected chi connectivity index (χ2v) is 9.43. The van der Waals surface area contributed by atoms with Crippen molar-refractivity contribution in [3.05, 3.63) is 108 Å². The van der Waals surface area contributed by atoms with Crippen molar-refractivity contribution in [1.82, 2.24) is 4.90 Å². The van der Waals surface area contributed by atoms with Crippen LogP contribution >= 0.6 is 0 Å². The Morgan fingerprint density at radius 2 is 1.19 bits per heavy atom. The van der Waals surface area contributed by atoms with Gasteiger partial charge >= 0.3 is 0 Å². The Balaban J connectivity index is 0.000000346. The highest BCUT2D eigenvalue weighted by molar-refractivity contribution is 5.90. The van der Waals surface area contributed by atoms with Crippen molar-refractivity contribution in [3.63, 3.8) is 0 Å². The van der Waals surface area contributed by atoms with Crippen LogP contribution in [-0.4, -0.2) is 30.4 Å². The molecule has 0 atom stereocenters. The summed E-state index contributed by atoms with van der Waals surface area (Å²) in [6, 6.07) is 30.6. The lowest BCUT2D eigenvalue weighted by molar-refractivity contribution is -0.122. The van der Waals surface area contributed by atoms with Crippen molar-refractivity contribution < 1.29 is 4.79 Å². The van der Waals surface area contributed by atoms with Crippen molar-refractivity contribution in [3.8, 4) is 0 Å². The van der Waals surface area contributed by atoms with E-state index in [1.165, 1.54) is 31.2 Å². The van der Waals surface area contributed by atoms with Crippen molar-refractivity contribution in [1.29, 1.82) is 0 Å². The molecule has 0 heterocycles. The SMILES string of the molecule is CCCCCc1ccccc1.CCN(CC)CCCCC(C(N)=O)(c1ccccc1)c1ccccc1. The van der Waals surface area contributed by atoms with E-state index < -0.39 is 5.41 Å². The maximum absolute atomic E-state index is 12.7. The molecule has 0 saturated carbocycles. The third-order valence-electron chi connectivity index (χ3n) is 7.04. The van der Waals surface area contributed by atoms with Gasteiger partial charge < -0.3 is 10.6 Å². The number of amides is 1. The number of hydrogen-bond donors (Lipinski definition) is 1. The standard InChI is InChI=1S/C22H30N2O.C11H16/c1-3-24(4-2)18-12-11-17-22(21(23)25,19-13-7-5-8-14-19)20-15-9-6-10-16-20;1-2-3-5-8-11-9-6-4-7-10-11/h5-10,13-16H,3-4,11-12,17-18H2,1-2H3,(H2,23,25);4,6-7,9-10H,2-3,5,8H2,1H3. The second-order valence-electron chi connectivity index (χ2n) is 9.43. The van der Waals surface area contributed by atoms with Crippen LogP contribution in [0.4, 0.5) is 0 Å². The zero-order valence-corrected chi connectivity index (χ0v) is 22.7. The molecule has 194 valence electrons. The van der Waals surface area contributed by atoms with Crippen LogP contribution in [0.3, 0.4) is 0 Å². The van der Waals surface area contributed by atoms with E-state index in [-0.39, 0.29) is 5.91 Å². The van der Waals surface area contributed by atoms with Gasteiger partial charge in [0, 0.05) is 0 Å². The Labute approximate surface area is 219 Å². The molecule has 0 aliphatic carbocycles. The van der Waals surface area contributed by atoms with Crippen molar-refractivity contribution in [2.24, 2.45) is 5.73 Å².